The molecule has 21 heavy (non-hydrogen) atoms. The van der Waals surface area contributed by atoms with Gasteiger partial charge in [-0.25, -0.2) is 19.5 Å². The highest BCUT2D eigenvalue weighted by Gasteiger charge is 2.19. The lowest BCUT2D eigenvalue weighted by atomic mass is 10.3. The second-order valence-electron chi connectivity index (χ2n) is 4.96. The predicted molar refractivity (Wildman–Crippen MR) is 79.4 cm³/mol. The van der Waals surface area contributed by atoms with Gasteiger partial charge in [-0.2, -0.15) is 5.10 Å². The average Bonchev–Trinajstić information content (AvgIpc) is 3.03. The van der Waals surface area contributed by atoms with Gasteiger partial charge < -0.3 is 9.80 Å². The van der Waals surface area contributed by atoms with Crippen LogP contribution in [0.25, 0.3) is 5.65 Å². The third-order valence-corrected chi connectivity index (χ3v) is 3.74. The first-order valence-electron chi connectivity index (χ1n) is 6.96. The highest BCUT2D eigenvalue weighted by molar-refractivity contribution is 5.49. The fourth-order valence-electron chi connectivity index (χ4n) is 2.61. The van der Waals surface area contributed by atoms with Crippen LogP contribution in [0.3, 0.4) is 0 Å². The number of anilines is 2. The van der Waals surface area contributed by atoms with Crippen LogP contribution < -0.4 is 9.80 Å². The van der Waals surface area contributed by atoms with E-state index >= 15 is 0 Å². The minimum atomic E-state index is 0.880. The van der Waals surface area contributed by atoms with Crippen LogP contribution in [0.2, 0.25) is 0 Å². The van der Waals surface area contributed by atoms with E-state index < -0.39 is 0 Å². The smallest absolute Gasteiger partial charge is 0.157 e. The van der Waals surface area contributed by atoms with Gasteiger partial charge in [0.25, 0.3) is 0 Å². The van der Waals surface area contributed by atoms with E-state index in [0.29, 0.717) is 0 Å². The van der Waals surface area contributed by atoms with Crippen LogP contribution in [0.15, 0.2) is 43.1 Å². The Labute approximate surface area is 121 Å². The summed E-state index contributed by atoms with van der Waals surface area (Å²) in [5.41, 5.74) is 0.880. The minimum Gasteiger partial charge on any atom is -0.353 e. The molecule has 1 aliphatic heterocycles. The maximum Gasteiger partial charge on any atom is 0.157 e. The molecule has 0 saturated carbocycles. The van der Waals surface area contributed by atoms with Gasteiger partial charge in [-0.05, 0) is 12.1 Å². The normalized spacial score (nSPS) is 15.6. The van der Waals surface area contributed by atoms with Gasteiger partial charge in [0.05, 0.1) is 6.20 Å². The summed E-state index contributed by atoms with van der Waals surface area (Å²) >= 11 is 0. The maximum absolute atomic E-state index is 4.64. The Morgan fingerprint density at radius 2 is 1.67 bits per heavy atom. The quantitative estimate of drug-likeness (QED) is 0.694. The lowest BCUT2D eigenvalue weighted by molar-refractivity contribution is 0.640. The van der Waals surface area contributed by atoms with E-state index in [1.54, 1.807) is 23.2 Å². The fourth-order valence-corrected chi connectivity index (χ4v) is 2.61. The Balaban J connectivity index is 1.49. The summed E-state index contributed by atoms with van der Waals surface area (Å²) in [6, 6.07) is 5.88. The number of fused-ring (bicyclic) bond motifs is 1. The molecule has 0 spiro atoms. The molecule has 0 N–H and O–H groups in total. The number of hydrogen-bond acceptors (Lipinski definition) is 6. The summed E-state index contributed by atoms with van der Waals surface area (Å²) in [5.74, 6) is 1.99. The second-order valence-corrected chi connectivity index (χ2v) is 4.96. The fraction of sp³-hybridized carbons (Fsp3) is 0.286. The first-order valence-corrected chi connectivity index (χ1v) is 6.96. The van der Waals surface area contributed by atoms with Gasteiger partial charge in [-0.1, -0.05) is 0 Å². The van der Waals surface area contributed by atoms with Gasteiger partial charge >= 0.3 is 0 Å². The van der Waals surface area contributed by atoms with Crippen molar-refractivity contribution in [1.82, 2.24) is 24.6 Å². The molecule has 106 valence electrons. The first-order chi connectivity index (χ1) is 10.4. The van der Waals surface area contributed by atoms with E-state index in [4.69, 9.17) is 0 Å². The monoisotopic (exact) mass is 281 g/mol. The van der Waals surface area contributed by atoms with Crippen LogP contribution in [0.4, 0.5) is 11.6 Å². The molecule has 0 atom stereocenters. The van der Waals surface area contributed by atoms with E-state index in [2.05, 4.69) is 29.9 Å². The van der Waals surface area contributed by atoms with Gasteiger partial charge in [0.2, 0.25) is 0 Å². The molecule has 7 heteroatoms. The number of rotatable bonds is 2. The van der Waals surface area contributed by atoms with E-state index in [0.717, 1.165) is 43.5 Å². The van der Waals surface area contributed by atoms with Crippen molar-refractivity contribution in [2.75, 3.05) is 36.0 Å². The SMILES string of the molecule is c1cc(N2CCN(c3ccn4nccc4n3)CC2)ncn1. The minimum absolute atomic E-state index is 0.880. The lowest BCUT2D eigenvalue weighted by Crippen LogP contribution is -2.47. The molecule has 0 aromatic carbocycles. The molecule has 3 aromatic heterocycles. The second kappa shape index (κ2) is 5.01. The summed E-state index contributed by atoms with van der Waals surface area (Å²) in [4.78, 5) is 17.5. The van der Waals surface area contributed by atoms with Crippen molar-refractivity contribution in [3.63, 3.8) is 0 Å². The molecule has 0 amide bonds. The lowest BCUT2D eigenvalue weighted by Gasteiger charge is -2.35. The van der Waals surface area contributed by atoms with E-state index in [1.165, 1.54) is 0 Å². The standard InChI is InChI=1S/C14H15N7/c1-4-15-11-16-12(1)19-7-9-20(10-8-19)13-3-6-21-14(18-13)2-5-17-21/h1-6,11H,7-10H2. The van der Waals surface area contributed by atoms with Crippen LogP contribution in [0.1, 0.15) is 0 Å². The molecule has 4 rings (SSSR count). The van der Waals surface area contributed by atoms with Crippen molar-refractivity contribution >= 4 is 17.3 Å². The molecule has 4 heterocycles. The molecule has 1 fully saturated rings. The highest BCUT2D eigenvalue weighted by atomic mass is 15.3. The van der Waals surface area contributed by atoms with Crippen LogP contribution in [0.5, 0.6) is 0 Å². The third-order valence-electron chi connectivity index (χ3n) is 3.74. The van der Waals surface area contributed by atoms with E-state index in [9.17, 15) is 0 Å². The zero-order chi connectivity index (χ0) is 14.1. The number of hydrogen-bond donors (Lipinski definition) is 0. The molecule has 1 saturated heterocycles. The van der Waals surface area contributed by atoms with Gasteiger partial charge in [0, 0.05) is 44.6 Å². The molecule has 3 aromatic rings. The Kier molecular flexibility index (Phi) is 2.88. The predicted octanol–water partition coefficient (Wildman–Crippen LogP) is 0.846. The molecule has 0 bridgehead atoms. The van der Waals surface area contributed by atoms with E-state index in [-0.39, 0.29) is 0 Å². The molecule has 7 nitrogen and oxygen atoms in total. The maximum atomic E-state index is 4.64. The van der Waals surface area contributed by atoms with Crippen molar-refractivity contribution in [2.24, 2.45) is 0 Å². The topological polar surface area (TPSA) is 62.5 Å². The summed E-state index contributed by atoms with van der Waals surface area (Å²) in [6.07, 6.45) is 7.09. The molecule has 1 aliphatic rings. The molecular formula is C14H15N7. The Bertz CT molecular complexity index is 731. The van der Waals surface area contributed by atoms with Gasteiger partial charge in [-0.3, -0.25) is 0 Å². The molecule has 0 unspecified atom stereocenters. The van der Waals surface area contributed by atoms with Crippen molar-refractivity contribution in [3.05, 3.63) is 43.1 Å². The zero-order valence-corrected chi connectivity index (χ0v) is 11.5. The van der Waals surface area contributed by atoms with Gasteiger partial charge in [-0.15, -0.1) is 0 Å². The average molecular weight is 281 g/mol. The van der Waals surface area contributed by atoms with Crippen LogP contribution >= 0.6 is 0 Å². The highest BCUT2D eigenvalue weighted by Crippen LogP contribution is 2.17. The Morgan fingerprint density at radius 1 is 0.857 bits per heavy atom. The number of nitrogens with zero attached hydrogens (tertiary/aromatic N) is 7. The zero-order valence-electron chi connectivity index (χ0n) is 11.5. The summed E-state index contributed by atoms with van der Waals surface area (Å²) in [5, 5.41) is 4.17. The summed E-state index contributed by atoms with van der Waals surface area (Å²) in [7, 11) is 0. The molecular weight excluding hydrogens is 266 g/mol. The summed E-state index contributed by atoms with van der Waals surface area (Å²) in [6.45, 7) is 3.73. The van der Waals surface area contributed by atoms with Gasteiger partial charge in [0.1, 0.15) is 18.0 Å². The van der Waals surface area contributed by atoms with E-state index in [1.807, 2.05) is 24.4 Å². The number of piperazine rings is 1. The Morgan fingerprint density at radius 3 is 2.43 bits per heavy atom. The first kappa shape index (κ1) is 12.1. The molecule has 0 aliphatic carbocycles. The van der Waals surface area contributed by atoms with Crippen molar-refractivity contribution < 1.29 is 0 Å². The molecule has 0 radical (unpaired) electrons. The Hall–Kier alpha value is -2.70. The van der Waals surface area contributed by atoms with Crippen molar-refractivity contribution in [3.8, 4) is 0 Å². The van der Waals surface area contributed by atoms with Crippen LogP contribution in [-0.4, -0.2) is 50.7 Å². The largest absolute Gasteiger partial charge is 0.353 e. The number of aromatic nitrogens is 5. The van der Waals surface area contributed by atoms with Crippen molar-refractivity contribution in [2.45, 2.75) is 0 Å². The van der Waals surface area contributed by atoms with Gasteiger partial charge in [0.15, 0.2) is 5.65 Å². The van der Waals surface area contributed by atoms with Crippen LogP contribution in [0, 0.1) is 0 Å². The van der Waals surface area contributed by atoms with Crippen molar-refractivity contribution in [1.29, 1.82) is 0 Å². The third kappa shape index (κ3) is 2.26. The van der Waals surface area contributed by atoms with Crippen LogP contribution in [-0.2, 0) is 0 Å². The summed E-state index contributed by atoms with van der Waals surface area (Å²) < 4.78 is 1.78.